The lowest BCUT2D eigenvalue weighted by atomic mass is 10.2. The maximum absolute atomic E-state index is 5.74. The van der Waals surface area contributed by atoms with Gasteiger partial charge < -0.3 is 15.2 Å². The van der Waals surface area contributed by atoms with Crippen LogP contribution in [0.5, 0.6) is 11.6 Å². The summed E-state index contributed by atoms with van der Waals surface area (Å²) in [6, 6.07) is 11.4. The van der Waals surface area contributed by atoms with E-state index in [9.17, 15) is 0 Å². The zero-order chi connectivity index (χ0) is 14.2. The average molecular weight is 268 g/mol. The summed E-state index contributed by atoms with van der Waals surface area (Å²) in [5, 5.41) is 0. The van der Waals surface area contributed by atoms with Gasteiger partial charge in [0.2, 0.25) is 5.88 Å². The zero-order valence-corrected chi connectivity index (χ0v) is 11.3. The van der Waals surface area contributed by atoms with Gasteiger partial charge in [0.15, 0.2) is 0 Å². The van der Waals surface area contributed by atoms with Gasteiger partial charge in [-0.1, -0.05) is 17.9 Å². The van der Waals surface area contributed by atoms with Crippen molar-refractivity contribution in [3.05, 3.63) is 53.7 Å². The minimum absolute atomic E-state index is 0.345. The predicted molar refractivity (Wildman–Crippen MR) is 77.5 cm³/mol. The molecule has 0 fully saturated rings. The van der Waals surface area contributed by atoms with Crippen molar-refractivity contribution in [2.24, 2.45) is 5.73 Å². The summed E-state index contributed by atoms with van der Waals surface area (Å²) in [5.74, 6) is 7.11. The Kier molecular flexibility index (Phi) is 4.99. The Morgan fingerprint density at radius 2 is 2.15 bits per heavy atom. The summed E-state index contributed by atoms with van der Waals surface area (Å²) in [5.41, 5.74) is 7.13. The van der Waals surface area contributed by atoms with E-state index in [1.54, 1.807) is 13.3 Å². The van der Waals surface area contributed by atoms with Crippen LogP contribution in [0.1, 0.15) is 11.1 Å². The molecule has 0 aliphatic carbocycles. The van der Waals surface area contributed by atoms with E-state index in [2.05, 4.69) is 16.8 Å². The van der Waals surface area contributed by atoms with Crippen molar-refractivity contribution in [2.75, 3.05) is 13.7 Å². The number of hydrogen-bond acceptors (Lipinski definition) is 4. The van der Waals surface area contributed by atoms with E-state index < -0.39 is 0 Å². The van der Waals surface area contributed by atoms with Crippen LogP contribution >= 0.6 is 0 Å². The standard InChI is InChI=1S/C16H16N2O2/c1-19-16-14(7-4-10-18-16)12-20-15-8-2-5-13(11-15)6-3-9-17/h2,4-5,7-8,10-11H,9,12,17H2,1H3. The Hall–Kier alpha value is -2.51. The SMILES string of the molecule is COc1ncccc1COc1cccc(C#CCN)c1. The molecule has 1 heterocycles. The van der Waals surface area contributed by atoms with E-state index in [1.165, 1.54) is 0 Å². The molecule has 0 radical (unpaired) electrons. The number of aromatic nitrogens is 1. The molecule has 1 aromatic heterocycles. The third-order valence-corrected chi connectivity index (χ3v) is 2.61. The summed E-state index contributed by atoms with van der Waals surface area (Å²) in [6.45, 7) is 0.739. The molecule has 0 bridgehead atoms. The first-order valence-corrected chi connectivity index (χ1v) is 6.23. The quantitative estimate of drug-likeness (QED) is 0.861. The number of benzene rings is 1. The van der Waals surface area contributed by atoms with E-state index in [0.717, 1.165) is 16.9 Å². The monoisotopic (exact) mass is 268 g/mol. The average Bonchev–Trinajstić information content (AvgIpc) is 2.51. The maximum atomic E-state index is 5.74. The summed E-state index contributed by atoms with van der Waals surface area (Å²) < 4.78 is 10.9. The molecule has 2 N–H and O–H groups in total. The molecule has 0 aliphatic rings. The Labute approximate surface area is 118 Å². The lowest BCUT2D eigenvalue weighted by Gasteiger charge is -2.09. The lowest BCUT2D eigenvalue weighted by Crippen LogP contribution is -2.00. The van der Waals surface area contributed by atoms with Crippen LogP contribution in [0.25, 0.3) is 0 Å². The third kappa shape index (κ3) is 3.74. The highest BCUT2D eigenvalue weighted by molar-refractivity contribution is 5.40. The Bertz CT molecular complexity index is 630. The number of pyridine rings is 1. The summed E-state index contributed by atoms with van der Waals surface area (Å²) in [7, 11) is 1.59. The van der Waals surface area contributed by atoms with Gasteiger partial charge in [-0.2, -0.15) is 0 Å². The van der Waals surface area contributed by atoms with Crippen LogP contribution in [0.2, 0.25) is 0 Å². The molecule has 2 rings (SSSR count). The van der Waals surface area contributed by atoms with E-state index in [4.69, 9.17) is 15.2 Å². The van der Waals surface area contributed by atoms with Crippen molar-refractivity contribution in [2.45, 2.75) is 6.61 Å². The molecule has 1 aromatic carbocycles. The zero-order valence-electron chi connectivity index (χ0n) is 11.3. The number of rotatable bonds is 4. The van der Waals surface area contributed by atoms with Crippen molar-refractivity contribution >= 4 is 0 Å². The van der Waals surface area contributed by atoms with Crippen molar-refractivity contribution < 1.29 is 9.47 Å². The van der Waals surface area contributed by atoms with Gasteiger partial charge in [-0.15, -0.1) is 0 Å². The first-order chi connectivity index (χ1) is 9.83. The van der Waals surface area contributed by atoms with Gasteiger partial charge in [0.05, 0.1) is 19.2 Å². The smallest absolute Gasteiger partial charge is 0.219 e. The number of nitrogens with two attached hydrogens (primary N) is 1. The Balaban J connectivity index is 2.07. The highest BCUT2D eigenvalue weighted by atomic mass is 16.5. The molecule has 0 unspecified atom stereocenters. The van der Waals surface area contributed by atoms with Crippen molar-refractivity contribution in [3.63, 3.8) is 0 Å². The van der Waals surface area contributed by atoms with Gasteiger partial charge in [-0.3, -0.25) is 0 Å². The largest absolute Gasteiger partial charge is 0.489 e. The molecule has 0 amide bonds. The molecular weight excluding hydrogens is 252 g/mol. The van der Waals surface area contributed by atoms with Gasteiger partial charge in [0.1, 0.15) is 12.4 Å². The molecule has 102 valence electrons. The minimum Gasteiger partial charge on any atom is -0.489 e. The van der Waals surface area contributed by atoms with Crippen LogP contribution in [-0.4, -0.2) is 18.6 Å². The maximum Gasteiger partial charge on any atom is 0.219 e. The number of nitrogens with zero attached hydrogens (tertiary/aromatic N) is 1. The third-order valence-electron chi connectivity index (χ3n) is 2.61. The van der Waals surface area contributed by atoms with E-state index in [-0.39, 0.29) is 0 Å². The van der Waals surface area contributed by atoms with E-state index >= 15 is 0 Å². The van der Waals surface area contributed by atoms with Gasteiger partial charge in [-0.05, 0) is 30.3 Å². The van der Waals surface area contributed by atoms with Gasteiger partial charge in [-0.25, -0.2) is 4.98 Å². The number of ether oxygens (including phenoxy) is 2. The Morgan fingerprint density at radius 1 is 1.25 bits per heavy atom. The van der Waals surface area contributed by atoms with Crippen molar-refractivity contribution in [3.8, 4) is 23.5 Å². The molecular formula is C16H16N2O2. The molecule has 0 aliphatic heterocycles. The van der Waals surface area contributed by atoms with Gasteiger partial charge in [0, 0.05) is 11.8 Å². The molecule has 4 nitrogen and oxygen atoms in total. The van der Waals surface area contributed by atoms with Crippen LogP contribution in [-0.2, 0) is 6.61 Å². The molecule has 0 saturated carbocycles. The second-order valence-corrected chi connectivity index (χ2v) is 3.99. The van der Waals surface area contributed by atoms with E-state index in [1.807, 2.05) is 36.4 Å². The minimum atomic E-state index is 0.345. The fraction of sp³-hybridized carbons (Fsp3) is 0.188. The first-order valence-electron chi connectivity index (χ1n) is 6.23. The van der Waals surface area contributed by atoms with Crippen LogP contribution in [0.15, 0.2) is 42.6 Å². The molecule has 0 spiro atoms. The van der Waals surface area contributed by atoms with Crippen LogP contribution in [0.4, 0.5) is 0 Å². The van der Waals surface area contributed by atoms with Gasteiger partial charge >= 0.3 is 0 Å². The molecule has 4 heteroatoms. The number of methoxy groups -OCH3 is 1. The second-order valence-electron chi connectivity index (χ2n) is 3.99. The Morgan fingerprint density at radius 3 is 2.95 bits per heavy atom. The normalized spacial score (nSPS) is 9.50. The van der Waals surface area contributed by atoms with Crippen LogP contribution in [0, 0.1) is 11.8 Å². The van der Waals surface area contributed by atoms with Gasteiger partial charge in [0.25, 0.3) is 0 Å². The topological polar surface area (TPSA) is 57.4 Å². The van der Waals surface area contributed by atoms with Crippen molar-refractivity contribution in [1.82, 2.24) is 4.98 Å². The molecule has 2 aromatic rings. The second kappa shape index (κ2) is 7.17. The summed E-state index contributed by atoms with van der Waals surface area (Å²) >= 11 is 0. The number of hydrogen-bond donors (Lipinski definition) is 1. The fourth-order valence-electron chi connectivity index (χ4n) is 1.70. The van der Waals surface area contributed by atoms with Crippen molar-refractivity contribution in [1.29, 1.82) is 0 Å². The summed E-state index contributed by atoms with van der Waals surface area (Å²) in [4.78, 5) is 4.13. The molecule has 20 heavy (non-hydrogen) atoms. The fourth-order valence-corrected chi connectivity index (χ4v) is 1.70. The van der Waals surface area contributed by atoms with Crippen LogP contribution in [0.3, 0.4) is 0 Å². The van der Waals surface area contributed by atoms with Crippen LogP contribution < -0.4 is 15.2 Å². The first kappa shape index (κ1) is 13.9. The molecule has 0 saturated heterocycles. The summed E-state index contributed by atoms with van der Waals surface area (Å²) in [6.07, 6.45) is 1.69. The highest BCUT2D eigenvalue weighted by Crippen LogP contribution is 2.18. The lowest BCUT2D eigenvalue weighted by molar-refractivity contribution is 0.294. The highest BCUT2D eigenvalue weighted by Gasteiger charge is 2.04. The molecule has 0 atom stereocenters. The van der Waals surface area contributed by atoms with E-state index in [0.29, 0.717) is 19.0 Å². The predicted octanol–water partition coefficient (Wildman–Crippen LogP) is 1.98.